The van der Waals surface area contributed by atoms with E-state index in [-0.39, 0.29) is 29.9 Å². The van der Waals surface area contributed by atoms with Crippen molar-refractivity contribution in [2.24, 2.45) is 4.99 Å². The molecule has 0 saturated heterocycles. The molecule has 1 atom stereocenters. The summed E-state index contributed by atoms with van der Waals surface area (Å²) in [6.45, 7) is 5.04. The zero-order valence-corrected chi connectivity index (χ0v) is 16.0. The van der Waals surface area contributed by atoms with Gasteiger partial charge in [-0.1, -0.05) is 19.1 Å². The molecule has 5 nitrogen and oxygen atoms in total. The van der Waals surface area contributed by atoms with E-state index in [1.807, 2.05) is 12.1 Å². The molecular weight excluding hydrogens is 393 g/mol. The van der Waals surface area contributed by atoms with Crippen LogP contribution in [-0.4, -0.2) is 38.7 Å². The van der Waals surface area contributed by atoms with Gasteiger partial charge in [0, 0.05) is 19.6 Å². The Bertz CT molecular complexity index is 475. The van der Waals surface area contributed by atoms with Gasteiger partial charge in [0.15, 0.2) is 5.96 Å². The monoisotopic (exact) mass is 419 g/mol. The summed E-state index contributed by atoms with van der Waals surface area (Å²) < 4.78 is 4.68. The van der Waals surface area contributed by atoms with Gasteiger partial charge in [-0.05, 0) is 37.5 Å². The Balaban J connectivity index is 0.00000441. The molecule has 2 N–H and O–H groups in total. The molecule has 0 aromatic heterocycles. The highest BCUT2D eigenvalue weighted by Gasteiger charge is 2.05. The lowest BCUT2D eigenvalue weighted by Crippen LogP contribution is -2.42. The van der Waals surface area contributed by atoms with Crippen molar-refractivity contribution < 1.29 is 9.53 Å². The van der Waals surface area contributed by atoms with Crippen LogP contribution in [0.1, 0.15) is 36.2 Å². The summed E-state index contributed by atoms with van der Waals surface area (Å²) in [4.78, 5) is 15.5. The van der Waals surface area contributed by atoms with E-state index in [2.05, 4.69) is 34.2 Å². The van der Waals surface area contributed by atoms with Crippen molar-refractivity contribution in [3.8, 4) is 0 Å². The molecule has 0 saturated carbocycles. The molecule has 124 valence electrons. The van der Waals surface area contributed by atoms with E-state index in [0.717, 1.165) is 30.9 Å². The molecule has 0 aliphatic carbocycles. The van der Waals surface area contributed by atoms with Crippen molar-refractivity contribution >= 4 is 35.9 Å². The number of methoxy groups -OCH3 is 1. The van der Waals surface area contributed by atoms with Crippen LogP contribution in [0.5, 0.6) is 0 Å². The minimum absolute atomic E-state index is 0. The summed E-state index contributed by atoms with van der Waals surface area (Å²) in [5.41, 5.74) is 1.73. The number of benzene rings is 1. The van der Waals surface area contributed by atoms with Gasteiger partial charge in [-0.2, -0.15) is 0 Å². The SMILES string of the molecule is CCC(C)NC(=NC)NCCc1ccc(C(=O)OC)cc1.I. The summed E-state index contributed by atoms with van der Waals surface area (Å²) in [6.07, 6.45) is 1.92. The zero-order chi connectivity index (χ0) is 15.7. The van der Waals surface area contributed by atoms with Crippen LogP contribution >= 0.6 is 24.0 Å². The lowest BCUT2D eigenvalue weighted by Gasteiger charge is -2.16. The maximum absolute atomic E-state index is 11.3. The first kappa shape index (κ1) is 20.7. The van der Waals surface area contributed by atoms with Gasteiger partial charge in [-0.15, -0.1) is 24.0 Å². The molecule has 0 amide bonds. The minimum atomic E-state index is -0.308. The van der Waals surface area contributed by atoms with Crippen LogP contribution in [0.2, 0.25) is 0 Å². The van der Waals surface area contributed by atoms with Crippen molar-refractivity contribution in [1.82, 2.24) is 10.6 Å². The first-order chi connectivity index (χ1) is 10.1. The molecule has 22 heavy (non-hydrogen) atoms. The Hall–Kier alpha value is -1.31. The summed E-state index contributed by atoms with van der Waals surface area (Å²) in [7, 11) is 3.15. The topological polar surface area (TPSA) is 62.7 Å². The van der Waals surface area contributed by atoms with Crippen LogP contribution < -0.4 is 10.6 Å². The number of nitrogens with one attached hydrogen (secondary N) is 2. The van der Waals surface area contributed by atoms with Crippen LogP contribution in [0.4, 0.5) is 0 Å². The van der Waals surface area contributed by atoms with E-state index in [0.29, 0.717) is 11.6 Å². The molecule has 0 heterocycles. The summed E-state index contributed by atoms with van der Waals surface area (Å²) >= 11 is 0. The highest BCUT2D eigenvalue weighted by Crippen LogP contribution is 2.06. The van der Waals surface area contributed by atoms with Crippen LogP contribution in [0.15, 0.2) is 29.3 Å². The van der Waals surface area contributed by atoms with E-state index in [1.54, 1.807) is 19.2 Å². The van der Waals surface area contributed by atoms with Crippen LogP contribution in [0.25, 0.3) is 0 Å². The number of esters is 1. The van der Waals surface area contributed by atoms with Crippen molar-refractivity contribution in [2.75, 3.05) is 20.7 Å². The fourth-order valence-electron chi connectivity index (χ4n) is 1.78. The quantitative estimate of drug-likeness (QED) is 0.322. The standard InChI is InChI=1S/C16H25N3O2.HI/c1-5-12(2)19-16(17-3)18-11-10-13-6-8-14(9-7-13)15(20)21-4;/h6-9,12H,5,10-11H2,1-4H3,(H2,17,18,19);1H. The average molecular weight is 419 g/mol. The molecule has 1 aromatic carbocycles. The number of hydrogen-bond acceptors (Lipinski definition) is 3. The second kappa shape index (κ2) is 11.3. The third-order valence-corrected chi connectivity index (χ3v) is 3.30. The van der Waals surface area contributed by atoms with Gasteiger partial charge in [0.05, 0.1) is 12.7 Å². The lowest BCUT2D eigenvalue weighted by atomic mass is 10.1. The average Bonchev–Trinajstić information content (AvgIpc) is 2.53. The second-order valence-electron chi connectivity index (χ2n) is 4.89. The number of nitrogens with zero attached hydrogens (tertiary/aromatic N) is 1. The Morgan fingerprint density at radius 1 is 1.32 bits per heavy atom. The first-order valence-corrected chi connectivity index (χ1v) is 7.25. The maximum atomic E-state index is 11.3. The number of hydrogen-bond donors (Lipinski definition) is 2. The van der Waals surface area contributed by atoms with Crippen LogP contribution in [-0.2, 0) is 11.2 Å². The zero-order valence-electron chi connectivity index (χ0n) is 13.7. The predicted molar refractivity (Wildman–Crippen MR) is 101 cm³/mol. The molecule has 0 spiro atoms. The minimum Gasteiger partial charge on any atom is -0.465 e. The number of ether oxygens (including phenoxy) is 1. The van der Waals surface area contributed by atoms with Crippen molar-refractivity contribution in [3.05, 3.63) is 35.4 Å². The van der Waals surface area contributed by atoms with Gasteiger partial charge in [-0.3, -0.25) is 4.99 Å². The number of carbonyl (C=O) groups is 1. The lowest BCUT2D eigenvalue weighted by molar-refractivity contribution is 0.0600. The number of halogens is 1. The maximum Gasteiger partial charge on any atom is 0.337 e. The molecule has 0 bridgehead atoms. The number of rotatable bonds is 6. The smallest absolute Gasteiger partial charge is 0.337 e. The van der Waals surface area contributed by atoms with E-state index in [1.165, 1.54) is 7.11 Å². The van der Waals surface area contributed by atoms with Gasteiger partial charge in [-0.25, -0.2) is 4.79 Å². The molecule has 0 aliphatic rings. The van der Waals surface area contributed by atoms with Gasteiger partial charge in [0.25, 0.3) is 0 Å². The predicted octanol–water partition coefficient (Wildman–Crippen LogP) is 2.60. The largest absolute Gasteiger partial charge is 0.465 e. The Morgan fingerprint density at radius 2 is 1.95 bits per heavy atom. The summed E-state index contributed by atoms with van der Waals surface area (Å²) in [5, 5.41) is 6.59. The number of guanidine groups is 1. The third kappa shape index (κ3) is 7.11. The van der Waals surface area contributed by atoms with E-state index in [9.17, 15) is 4.79 Å². The Kier molecular flexibility index (Phi) is 10.6. The van der Waals surface area contributed by atoms with Crippen LogP contribution in [0, 0.1) is 0 Å². The second-order valence-corrected chi connectivity index (χ2v) is 4.89. The summed E-state index contributed by atoms with van der Waals surface area (Å²) in [5.74, 6) is 0.508. The third-order valence-electron chi connectivity index (χ3n) is 3.30. The van der Waals surface area contributed by atoms with Gasteiger partial charge in [0.2, 0.25) is 0 Å². The van der Waals surface area contributed by atoms with Crippen molar-refractivity contribution in [3.63, 3.8) is 0 Å². The molecule has 0 aliphatic heterocycles. The first-order valence-electron chi connectivity index (χ1n) is 7.25. The summed E-state index contributed by atoms with van der Waals surface area (Å²) in [6, 6.07) is 7.86. The fraction of sp³-hybridized carbons (Fsp3) is 0.500. The van der Waals surface area contributed by atoms with E-state index >= 15 is 0 Å². The van der Waals surface area contributed by atoms with E-state index < -0.39 is 0 Å². The molecular formula is C16H26IN3O2. The van der Waals surface area contributed by atoms with Gasteiger partial charge < -0.3 is 15.4 Å². The number of carbonyl (C=O) groups excluding carboxylic acids is 1. The molecule has 1 aromatic rings. The Morgan fingerprint density at radius 3 is 2.45 bits per heavy atom. The van der Waals surface area contributed by atoms with Crippen molar-refractivity contribution in [1.29, 1.82) is 0 Å². The van der Waals surface area contributed by atoms with Crippen molar-refractivity contribution in [2.45, 2.75) is 32.7 Å². The van der Waals surface area contributed by atoms with Gasteiger partial charge >= 0.3 is 5.97 Å². The Labute approximate surface area is 149 Å². The molecule has 6 heteroatoms. The van der Waals surface area contributed by atoms with Gasteiger partial charge in [0.1, 0.15) is 0 Å². The molecule has 1 unspecified atom stereocenters. The highest BCUT2D eigenvalue weighted by atomic mass is 127. The number of aliphatic imine (C=N–C) groups is 1. The van der Waals surface area contributed by atoms with Crippen LogP contribution in [0.3, 0.4) is 0 Å². The highest BCUT2D eigenvalue weighted by molar-refractivity contribution is 14.0. The molecule has 0 radical (unpaired) electrons. The molecule has 0 fully saturated rings. The normalized spacial score (nSPS) is 12.1. The fourth-order valence-corrected chi connectivity index (χ4v) is 1.78. The molecule has 1 rings (SSSR count). The van der Waals surface area contributed by atoms with E-state index in [4.69, 9.17) is 0 Å².